The predicted molar refractivity (Wildman–Crippen MR) is 154 cm³/mol. The number of aromatic nitrogens is 1. The molecule has 3 atom stereocenters. The Bertz CT molecular complexity index is 1590. The van der Waals surface area contributed by atoms with Crippen molar-refractivity contribution >= 4 is 17.8 Å². The molecule has 2 fully saturated rings. The van der Waals surface area contributed by atoms with Crippen LogP contribution in [0, 0.1) is 11.3 Å². The van der Waals surface area contributed by atoms with Crippen LogP contribution < -0.4 is 20.3 Å². The first-order chi connectivity index (χ1) is 20.3. The summed E-state index contributed by atoms with van der Waals surface area (Å²) >= 11 is 0. The molecule has 10 nitrogen and oxygen atoms in total. The Kier molecular flexibility index (Phi) is 7.32. The molecule has 0 spiro atoms. The Hall–Kier alpha value is -4.44. The fourth-order valence-corrected chi connectivity index (χ4v) is 6.82. The number of methoxy groups -OCH3 is 2. The highest BCUT2D eigenvalue weighted by atomic mass is 16.5. The number of rotatable bonds is 8. The molecule has 6 rings (SSSR count). The number of hydrogen-bond donors (Lipinski definition) is 1. The lowest BCUT2D eigenvalue weighted by atomic mass is 9.75. The standard InChI is InChI=1S/C32H34N4O6/c1-41-25-12-11-23(27(14-25)42-2)15-32(29(38)33-31(40)36(30(32)39)17-21-7-4-3-5-8-21)20-34-16-22-13-24(19-34)26-9-6-10-28(37)35(26)18-22/h3-12,14,22,24H,13,15-20H2,1-2H3,(H,33,38,40)/t22-,24-,32-/m0/s1. The Morgan fingerprint density at radius 1 is 0.905 bits per heavy atom. The van der Waals surface area contributed by atoms with Gasteiger partial charge in [-0.25, -0.2) is 4.79 Å². The van der Waals surface area contributed by atoms with Crippen molar-refractivity contribution in [2.45, 2.75) is 31.8 Å². The van der Waals surface area contributed by atoms with Crippen LogP contribution in [0.4, 0.5) is 4.79 Å². The summed E-state index contributed by atoms with van der Waals surface area (Å²) in [5, 5.41) is 2.50. The van der Waals surface area contributed by atoms with E-state index in [0.717, 1.165) is 22.6 Å². The van der Waals surface area contributed by atoms with Crippen molar-refractivity contribution in [1.82, 2.24) is 19.7 Å². The number of piperidine rings is 1. The average molecular weight is 571 g/mol. The Labute approximate surface area is 243 Å². The summed E-state index contributed by atoms with van der Waals surface area (Å²) in [7, 11) is 3.09. The molecule has 0 saturated carbocycles. The minimum atomic E-state index is -1.59. The lowest BCUT2D eigenvalue weighted by molar-refractivity contribution is -0.154. The lowest BCUT2D eigenvalue weighted by Gasteiger charge is -2.47. The number of amides is 4. The van der Waals surface area contributed by atoms with Crippen molar-refractivity contribution in [3.05, 3.63) is 93.9 Å². The quantitative estimate of drug-likeness (QED) is 0.415. The van der Waals surface area contributed by atoms with Gasteiger partial charge in [0.15, 0.2) is 0 Å². The van der Waals surface area contributed by atoms with Crippen molar-refractivity contribution in [2.75, 3.05) is 33.9 Å². The van der Waals surface area contributed by atoms with E-state index in [1.54, 1.807) is 37.4 Å². The summed E-state index contributed by atoms with van der Waals surface area (Å²) in [5.74, 6) is 0.222. The Morgan fingerprint density at radius 3 is 2.48 bits per heavy atom. The van der Waals surface area contributed by atoms with Gasteiger partial charge in [-0.3, -0.25) is 24.6 Å². The number of ether oxygens (including phenoxy) is 2. The molecular formula is C32H34N4O6. The molecule has 1 aromatic heterocycles. The molecule has 0 aliphatic carbocycles. The van der Waals surface area contributed by atoms with Crippen molar-refractivity contribution in [3.8, 4) is 11.5 Å². The first-order valence-corrected chi connectivity index (χ1v) is 14.2. The monoisotopic (exact) mass is 570 g/mol. The number of carbonyl (C=O) groups excluding carboxylic acids is 3. The van der Waals surface area contributed by atoms with Crippen LogP contribution in [0.3, 0.4) is 0 Å². The second-order valence-corrected chi connectivity index (χ2v) is 11.5. The van der Waals surface area contributed by atoms with Gasteiger partial charge < -0.3 is 18.9 Å². The predicted octanol–water partition coefficient (Wildman–Crippen LogP) is 2.79. The third-order valence-electron chi connectivity index (χ3n) is 8.77. The zero-order valence-corrected chi connectivity index (χ0v) is 23.7. The second-order valence-electron chi connectivity index (χ2n) is 11.5. The minimum Gasteiger partial charge on any atom is -0.497 e. The number of carbonyl (C=O) groups is 3. The number of nitrogens with zero attached hydrogens (tertiary/aromatic N) is 3. The SMILES string of the molecule is COc1ccc(C[C@]2(CN3C[C@@H]4C[C@@H](C3)c3cccc(=O)n3C4)C(=O)NC(=O)N(Cc3ccccc3)C2=O)c(OC)c1. The minimum absolute atomic E-state index is 0.00405. The molecule has 2 aromatic carbocycles. The fourth-order valence-electron chi connectivity index (χ4n) is 6.82. The van der Waals surface area contributed by atoms with Crippen LogP contribution in [0.2, 0.25) is 0 Å². The highest BCUT2D eigenvalue weighted by molar-refractivity contribution is 6.19. The second kappa shape index (κ2) is 11.1. The maximum atomic E-state index is 14.5. The highest BCUT2D eigenvalue weighted by Gasteiger charge is 2.55. The molecular weight excluding hydrogens is 536 g/mol. The molecule has 0 radical (unpaired) electrons. The van der Waals surface area contributed by atoms with Crippen molar-refractivity contribution in [1.29, 1.82) is 0 Å². The third-order valence-corrected chi connectivity index (χ3v) is 8.77. The van der Waals surface area contributed by atoms with Gasteiger partial charge in [-0.2, -0.15) is 0 Å². The molecule has 1 N–H and O–H groups in total. The first kappa shape index (κ1) is 27.7. The zero-order chi connectivity index (χ0) is 29.4. The van der Waals surface area contributed by atoms with Crippen LogP contribution in [0.15, 0.2) is 71.5 Å². The molecule has 4 amide bonds. The third kappa shape index (κ3) is 4.96. The molecule has 2 saturated heterocycles. The van der Waals surface area contributed by atoms with Gasteiger partial charge in [-0.05, 0) is 35.6 Å². The molecule has 218 valence electrons. The van der Waals surface area contributed by atoms with Crippen molar-refractivity contribution in [2.24, 2.45) is 11.3 Å². The van der Waals surface area contributed by atoms with Gasteiger partial charge in [0, 0.05) is 56.3 Å². The van der Waals surface area contributed by atoms with Crippen LogP contribution in [0.1, 0.15) is 29.2 Å². The van der Waals surface area contributed by atoms with Gasteiger partial charge in [-0.1, -0.05) is 42.5 Å². The maximum absolute atomic E-state index is 14.5. The maximum Gasteiger partial charge on any atom is 0.331 e. The molecule has 3 aliphatic heterocycles. The number of likely N-dealkylation sites (tertiary alicyclic amines) is 1. The zero-order valence-electron chi connectivity index (χ0n) is 23.7. The van der Waals surface area contributed by atoms with Gasteiger partial charge in [-0.15, -0.1) is 0 Å². The van der Waals surface area contributed by atoms with E-state index >= 15 is 0 Å². The topological polar surface area (TPSA) is 110 Å². The first-order valence-electron chi connectivity index (χ1n) is 14.2. The van der Waals surface area contributed by atoms with Gasteiger partial charge >= 0.3 is 6.03 Å². The number of pyridine rings is 1. The van der Waals surface area contributed by atoms with Crippen LogP contribution in [-0.2, 0) is 29.1 Å². The van der Waals surface area contributed by atoms with Crippen molar-refractivity contribution in [3.63, 3.8) is 0 Å². The Balaban J connectivity index is 1.38. The molecule has 4 heterocycles. The van der Waals surface area contributed by atoms with E-state index in [9.17, 15) is 19.2 Å². The number of imide groups is 2. The normalized spacial score (nSPS) is 23.8. The molecule has 2 bridgehead atoms. The number of urea groups is 1. The molecule has 0 unspecified atom stereocenters. The van der Waals surface area contributed by atoms with E-state index in [-0.39, 0.29) is 36.9 Å². The van der Waals surface area contributed by atoms with Gasteiger partial charge in [0.1, 0.15) is 16.9 Å². The van der Waals surface area contributed by atoms with Gasteiger partial charge in [0.25, 0.3) is 5.56 Å². The number of hydrogen-bond acceptors (Lipinski definition) is 7. The van der Waals surface area contributed by atoms with Crippen LogP contribution in [-0.4, -0.2) is 66.1 Å². The summed E-state index contributed by atoms with van der Waals surface area (Å²) in [4.78, 5) is 57.3. The van der Waals surface area contributed by atoms with Crippen LogP contribution >= 0.6 is 0 Å². The lowest BCUT2D eigenvalue weighted by Crippen LogP contribution is -2.67. The summed E-state index contributed by atoms with van der Waals surface area (Å²) in [6, 6.07) is 19.2. The molecule has 3 aromatic rings. The van der Waals surface area contributed by atoms with Gasteiger partial charge in [0.05, 0.1) is 20.8 Å². The van der Waals surface area contributed by atoms with E-state index in [0.29, 0.717) is 36.7 Å². The summed E-state index contributed by atoms with van der Waals surface area (Å²) in [5.41, 5.74) is 0.822. The average Bonchev–Trinajstić information content (AvgIpc) is 2.99. The number of fused-ring (bicyclic) bond motifs is 4. The van der Waals surface area contributed by atoms with E-state index in [2.05, 4.69) is 10.2 Å². The van der Waals surface area contributed by atoms with Crippen LogP contribution in [0.5, 0.6) is 11.5 Å². The molecule has 3 aliphatic rings. The van der Waals surface area contributed by atoms with E-state index in [1.165, 1.54) is 7.11 Å². The van der Waals surface area contributed by atoms with E-state index in [1.807, 2.05) is 41.0 Å². The fraction of sp³-hybridized carbons (Fsp3) is 0.375. The van der Waals surface area contributed by atoms with E-state index in [4.69, 9.17) is 9.47 Å². The van der Waals surface area contributed by atoms with Crippen LogP contribution in [0.25, 0.3) is 0 Å². The largest absolute Gasteiger partial charge is 0.497 e. The number of barbiturate groups is 1. The highest BCUT2D eigenvalue weighted by Crippen LogP contribution is 2.40. The van der Waals surface area contributed by atoms with E-state index < -0.39 is 23.3 Å². The number of nitrogens with one attached hydrogen (secondary N) is 1. The summed E-state index contributed by atoms with van der Waals surface area (Å²) < 4.78 is 12.8. The van der Waals surface area contributed by atoms with Gasteiger partial charge in [0.2, 0.25) is 11.8 Å². The summed E-state index contributed by atoms with van der Waals surface area (Å²) in [6.07, 6.45) is 0.975. The Morgan fingerprint density at radius 2 is 1.71 bits per heavy atom. The molecule has 10 heteroatoms. The number of benzene rings is 2. The summed E-state index contributed by atoms with van der Waals surface area (Å²) in [6.45, 7) is 1.98. The smallest absolute Gasteiger partial charge is 0.331 e. The molecule has 42 heavy (non-hydrogen) atoms. The van der Waals surface area contributed by atoms with Crippen molar-refractivity contribution < 1.29 is 23.9 Å².